The number of nitrogens with zero attached hydrogens (tertiary/aromatic N) is 2. The second-order valence-electron chi connectivity index (χ2n) is 5.92. The molecule has 1 aliphatic heterocycles. The molecule has 1 saturated heterocycles. The van der Waals surface area contributed by atoms with Crippen molar-refractivity contribution in [3.05, 3.63) is 29.8 Å². The number of hydrogen-bond acceptors (Lipinski definition) is 3. The van der Waals surface area contributed by atoms with Crippen LogP contribution >= 0.6 is 0 Å². The first-order valence-corrected chi connectivity index (χ1v) is 8.20. The highest BCUT2D eigenvalue weighted by atomic mass is 16.5. The van der Waals surface area contributed by atoms with Crippen molar-refractivity contribution in [3.63, 3.8) is 0 Å². The Morgan fingerprint density at radius 2 is 1.96 bits per heavy atom. The summed E-state index contributed by atoms with van der Waals surface area (Å²) < 4.78 is 5.30. The molecule has 23 heavy (non-hydrogen) atoms. The monoisotopic (exact) mass is 318 g/mol. The molecule has 1 aromatic rings. The fraction of sp³-hybridized carbons (Fsp3) is 0.556. The van der Waals surface area contributed by atoms with E-state index >= 15 is 0 Å². The van der Waals surface area contributed by atoms with Gasteiger partial charge in [-0.2, -0.15) is 0 Å². The molecule has 2 unspecified atom stereocenters. The Morgan fingerprint density at radius 1 is 1.26 bits per heavy atom. The standard InChI is InChI=1S/C18H26N2O3/c1-5-19(6-2)18(22)17-12-20(13(3)21)11-16(17)14-8-7-9-15(10-14)23-4/h7-10,16-17H,5-6,11-12H2,1-4H3. The molecule has 0 saturated carbocycles. The summed E-state index contributed by atoms with van der Waals surface area (Å²) in [5, 5.41) is 0. The molecule has 0 aliphatic carbocycles. The highest BCUT2D eigenvalue weighted by Crippen LogP contribution is 2.35. The zero-order valence-electron chi connectivity index (χ0n) is 14.4. The van der Waals surface area contributed by atoms with Crippen LogP contribution in [0.1, 0.15) is 32.3 Å². The van der Waals surface area contributed by atoms with E-state index in [9.17, 15) is 9.59 Å². The lowest BCUT2D eigenvalue weighted by Crippen LogP contribution is -2.39. The van der Waals surface area contributed by atoms with E-state index in [0.717, 1.165) is 11.3 Å². The van der Waals surface area contributed by atoms with Crippen molar-refractivity contribution in [2.24, 2.45) is 5.92 Å². The largest absolute Gasteiger partial charge is 0.497 e. The van der Waals surface area contributed by atoms with Crippen molar-refractivity contribution >= 4 is 11.8 Å². The van der Waals surface area contributed by atoms with Gasteiger partial charge < -0.3 is 14.5 Å². The minimum absolute atomic E-state index is 0.0158. The van der Waals surface area contributed by atoms with Gasteiger partial charge in [-0.25, -0.2) is 0 Å². The smallest absolute Gasteiger partial charge is 0.228 e. The number of hydrogen-bond donors (Lipinski definition) is 0. The van der Waals surface area contributed by atoms with Gasteiger partial charge in [0.15, 0.2) is 0 Å². The first-order valence-electron chi connectivity index (χ1n) is 8.20. The summed E-state index contributed by atoms with van der Waals surface area (Å²) in [6.45, 7) is 7.99. The zero-order valence-corrected chi connectivity index (χ0v) is 14.4. The first-order chi connectivity index (χ1) is 11.0. The highest BCUT2D eigenvalue weighted by molar-refractivity contribution is 5.82. The predicted molar refractivity (Wildman–Crippen MR) is 89.4 cm³/mol. The summed E-state index contributed by atoms with van der Waals surface area (Å²) in [4.78, 5) is 28.3. The minimum Gasteiger partial charge on any atom is -0.497 e. The number of carbonyl (C=O) groups is 2. The zero-order chi connectivity index (χ0) is 17.0. The lowest BCUT2D eigenvalue weighted by atomic mass is 9.88. The molecule has 5 heteroatoms. The maximum atomic E-state index is 12.9. The van der Waals surface area contributed by atoms with Crippen LogP contribution in [-0.2, 0) is 9.59 Å². The van der Waals surface area contributed by atoms with Crippen LogP contribution in [0.4, 0.5) is 0 Å². The Bertz CT molecular complexity index is 569. The van der Waals surface area contributed by atoms with Crippen LogP contribution in [0.2, 0.25) is 0 Å². The second kappa shape index (κ2) is 7.49. The maximum Gasteiger partial charge on any atom is 0.228 e. The van der Waals surface area contributed by atoms with E-state index in [1.54, 1.807) is 18.9 Å². The van der Waals surface area contributed by atoms with E-state index in [0.29, 0.717) is 26.2 Å². The molecule has 126 valence electrons. The van der Waals surface area contributed by atoms with Gasteiger partial charge in [0.2, 0.25) is 11.8 Å². The molecule has 2 amide bonds. The summed E-state index contributed by atoms with van der Waals surface area (Å²) in [5.41, 5.74) is 1.05. The normalized spacial score (nSPS) is 20.4. The molecule has 5 nitrogen and oxygen atoms in total. The van der Waals surface area contributed by atoms with E-state index in [-0.39, 0.29) is 23.7 Å². The van der Waals surface area contributed by atoms with Crippen molar-refractivity contribution in [1.82, 2.24) is 9.80 Å². The lowest BCUT2D eigenvalue weighted by molar-refractivity contribution is -0.135. The Labute approximate surface area is 138 Å². The molecular weight excluding hydrogens is 292 g/mol. The summed E-state index contributed by atoms with van der Waals surface area (Å²) in [5.74, 6) is 0.755. The average molecular weight is 318 g/mol. The van der Waals surface area contributed by atoms with Crippen molar-refractivity contribution < 1.29 is 14.3 Å². The summed E-state index contributed by atoms with van der Waals surface area (Å²) >= 11 is 0. The van der Waals surface area contributed by atoms with Crippen LogP contribution in [0.25, 0.3) is 0 Å². The lowest BCUT2D eigenvalue weighted by Gasteiger charge is -2.26. The van der Waals surface area contributed by atoms with Gasteiger partial charge in [-0.1, -0.05) is 12.1 Å². The van der Waals surface area contributed by atoms with E-state index in [4.69, 9.17) is 4.74 Å². The summed E-state index contributed by atoms with van der Waals surface area (Å²) in [6, 6.07) is 7.81. The van der Waals surface area contributed by atoms with Gasteiger partial charge in [-0.05, 0) is 31.5 Å². The molecule has 1 fully saturated rings. The number of carbonyl (C=O) groups excluding carboxylic acids is 2. The van der Waals surface area contributed by atoms with Gasteiger partial charge in [-0.15, -0.1) is 0 Å². The molecule has 2 rings (SSSR count). The summed E-state index contributed by atoms with van der Waals surface area (Å²) in [7, 11) is 1.63. The number of methoxy groups -OCH3 is 1. The molecule has 1 aromatic carbocycles. The molecule has 0 bridgehead atoms. The van der Waals surface area contributed by atoms with Gasteiger partial charge in [0.05, 0.1) is 13.0 Å². The van der Waals surface area contributed by atoms with E-state index in [1.807, 2.05) is 43.0 Å². The molecule has 2 atom stereocenters. The first kappa shape index (κ1) is 17.3. The highest BCUT2D eigenvalue weighted by Gasteiger charge is 2.40. The molecule has 0 spiro atoms. The average Bonchev–Trinajstić information content (AvgIpc) is 3.01. The third-order valence-corrected chi connectivity index (χ3v) is 4.68. The van der Waals surface area contributed by atoms with E-state index < -0.39 is 0 Å². The third kappa shape index (κ3) is 3.66. The van der Waals surface area contributed by atoms with E-state index in [2.05, 4.69) is 0 Å². The van der Waals surface area contributed by atoms with Crippen LogP contribution in [0.3, 0.4) is 0 Å². The van der Waals surface area contributed by atoms with Crippen LogP contribution < -0.4 is 4.74 Å². The van der Waals surface area contributed by atoms with Crippen molar-refractivity contribution in [1.29, 1.82) is 0 Å². The summed E-state index contributed by atoms with van der Waals surface area (Å²) in [6.07, 6.45) is 0. The second-order valence-corrected chi connectivity index (χ2v) is 5.92. The fourth-order valence-corrected chi connectivity index (χ4v) is 3.29. The predicted octanol–water partition coefficient (Wildman–Crippen LogP) is 2.13. The van der Waals surface area contributed by atoms with Gasteiger partial charge in [0, 0.05) is 39.0 Å². The molecule has 0 radical (unpaired) electrons. The number of amides is 2. The van der Waals surface area contributed by atoms with Crippen LogP contribution in [0.5, 0.6) is 5.75 Å². The van der Waals surface area contributed by atoms with Crippen molar-refractivity contribution in [2.45, 2.75) is 26.7 Å². The van der Waals surface area contributed by atoms with Crippen LogP contribution in [-0.4, -0.2) is 54.9 Å². The molecule has 1 heterocycles. The molecular formula is C18H26N2O3. The number of rotatable bonds is 5. The quantitative estimate of drug-likeness (QED) is 0.835. The molecule has 0 aromatic heterocycles. The number of ether oxygens (including phenoxy) is 1. The van der Waals surface area contributed by atoms with E-state index in [1.165, 1.54) is 0 Å². The Hall–Kier alpha value is -2.04. The Balaban J connectivity index is 2.32. The Morgan fingerprint density at radius 3 is 2.52 bits per heavy atom. The van der Waals surface area contributed by atoms with Crippen molar-refractivity contribution in [2.75, 3.05) is 33.3 Å². The van der Waals surface area contributed by atoms with Gasteiger partial charge in [0.1, 0.15) is 5.75 Å². The SMILES string of the molecule is CCN(CC)C(=O)C1CN(C(C)=O)CC1c1cccc(OC)c1. The number of benzene rings is 1. The van der Waals surface area contributed by atoms with Gasteiger partial charge >= 0.3 is 0 Å². The third-order valence-electron chi connectivity index (χ3n) is 4.68. The maximum absolute atomic E-state index is 12.9. The number of likely N-dealkylation sites (tertiary alicyclic amines) is 1. The topological polar surface area (TPSA) is 49.9 Å². The van der Waals surface area contributed by atoms with Gasteiger partial charge in [0.25, 0.3) is 0 Å². The molecule has 0 N–H and O–H groups in total. The van der Waals surface area contributed by atoms with Crippen LogP contribution in [0.15, 0.2) is 24.3 Å². The Kier molecular flexibility index (Phi) is 5.64. The van der Waals surface area contributed by atoms with Crippen LogP contribution in [0, 0.1) is 5.92 Å². The fourth-order valence-electron chi connectivity index (χ4n) is 3.29. The van der Waals surface area contributed by atoms with Gasteiger partial charge in [-0.3, -0.25) is 9.59 Å². The van der Waals surface area contributed by atoms with Crippen molar-refractivity contribution in [3.8, 4) is 5.75 Å². The molecule has 1 aliphatic rings. The minimum atomic E-state index is -0.189.